The highest BCUT2D eigenvalue weighted by Gasteiger charge is 2.20. The molecule has 2 unspecified atom stereocenters. The predicted octanol–water partition coefficient (Wildman–Crippen LogP) is 3.54. The molecule has 24 heavy (non-hydrogen) atoms. The Labute approximate surface area is 148 Å². The van der Waals surface area contributed by atoms with E-state index in [9.17, 15) is 5.11 Å². The molecule has 2 aromatic rings. The van der Waals surface area contributed by atoms with Gasteiger partial charge in [0.15, 0.2) is 0 Å². The number of aryl methyl sites for hydroxylation is 1. The molecule has 1 heterocycles. The third-order valence-electron chi connectivity index (χ3n) is 4.27. The molecule has 0 bridgehead atoms. The van der Waals surface area contributed by atoms with Crippen molar-refractivity contribution in [1.82, 2.24) is 4.90 Å². The van der Waals surface area contributed by atoms with Crippen LogP contribution < -0.4 is 10.1 Å². The summed E-state index contributed by atoms with van der Waals surface area (Å²) in [5.41, 5.74) is 2.57. The number of thiophene rings is 1. The van der Waals surface area contributed by atoms with Crippen LogP contribution in [0.1, 0.15) is 29.3 Å². The van der Waals surface area contributed by atoms with E-state index in [2.05, 4.69) is 16.8 Å². The topological polar surface area (TPSA) is 44.7 Å². The van der Waals surface area contributed by atoms with Gasteiger partial charge in [0.25, 0.3) is 0 Å². The summed E-state index contributed by atoms with van der Waals surface area (Å²) in [6.07, 6.45) is 3.17. The van der Waals surface area contributed by atoms with Crippen molar-refractivity contribution in [3.63, 3.8) is 0 Å². The van der Waals surface area contributed by atoms with Gasteiger partial charge in [-0.1, -0.05) is 0 Å². The van der Waals surface area contributed by atoms with Gasteiger partial charge >= 0.3 is 0 Å². The molecule has 0 amide bonds. The molecule has 0 aliphatic heterocycles. The second-order valence-corrected chi connectivity index (χ2v) is 7.64. The summed E-state index contributed by atoms with van der Waals surface area (Å²) < 4.78 is 5.65. The predicted molar refractivity (Wildman–Crippen MR) is 100 cm³/mol. The summed E-state index contributed by atoms with van der Waals surface area (Å²) in [5, 5.41) is 15.7. The average Bonchev–Trinajstić information content (AvgIpc) is 3.03. The first-order valence-corrected chi connectivity index (χ1v) is 9.38. The molecule has 3 rings (SSSR count). The SMILES string of the molecule is CN(C)CC(O)COc1ccc(NC2CCCc3sccc32)cc1. The molecule has 0 radical (unpaired) electrons. The lowest BCUT2D eigenvalue weighted by atomic mass is 9.94. The smallest absolute Gasteiger partial charge is 0.119 e. The van der Waals surface area contributed by atoms with E-state index >= 15 is 0 Å². The van der Waals surface area contributed by atoms with Gasteiger partial charge < -0.3 is 20.1 Å². The lowest BCUT2D eigenvalue weighted by Gasteiger charge is -2.25. The minimum Gasteiger partial charge on any atom is -0.491 e. The van der Waals surface area contributed by atoms with Crippen LogP contribution in [0.4, 0.5) is 5.69 Å². The monoisotopic (exact) mass is 346 g/mol. The number of anilines is 1. The molecule has 2 N–H and O–H groups in total. The number of ether oxygens (including phenoxy) is 1. The number of nitrogens with one attached hydrogen (secondary N) is 1. The number of hydrogen-bond donors (Lipinski definition) is 2. The van der Waals surface area contributed by atoms with Crippen molar-refractivity contribution in [2.24, 2.45) is 0 Å². The summed E-state index contributed by atoms with van der Waals surface area (Å²) >= 11 is 1.87. The molecule has 0 spiro atoms. The van der Waals surface area contributed by atoms with Gasteiger partial charge in [0.05, 0.1) is 6.04 Å². The minimum atomic E-state index is -0.475. The van der Waals surface area contributed by atoms with Gasteiger partial charge in [-0.05, 0) is 74.6 Å². The van der Waals surface area contributed by atoms with Gasteiger partial charge in [0, 0.05) is 17.1 Å². The van der Waals surface area contributed by atoms with Crippen LogP contribution in [0.2, 0.25) is 0 Å². The molecule has 1 aromatic carbocycles. The summed E-state index contributed by atoms with van der Waals surface area (Å²) in [5.74, 6) is 0.790. The van der Waals surface area contributed by atoms with Crippen molar-refractivity contribution >= 4 is 17.0 Å². The fraction of sp³-hybridized carbons (Fsp3) is 0.474. The zero-order valence-corrected chi connectivity index (χ0v) is 15.2. The van der Waals surface area contributed by atoms with E-state index in [1.54, 1.807) is 0 Å². The molecule has 4 nitrogen and oxygen atoms in total. The first kappa shape index (κ1) is 17.3. The molecule has 130 valence electrons. The normalized spacial score (nSPS) is 18.2. The maximum atomic E-state index is 9.85. The van der Waals surface area contributed by atoms with Crippen LogP contribution in [0.3, 0.4) is 0 Å². The standard InChI is InChI=1S/C19H26N2O2S/c1-21(2)12-15(22)13-23-16-8-6-14(7-9-16)20-18-4-3-5-19-17(18)10-11-24-19/h6-11,15,18,20,22H,3-5,12-13H2,1-2H3. The minimum absolute atomic E-state index is 0.311. The van der Waals surface area contributed by atoms with Gasteiger partial charge in [0.1, 0.15) is 18.5 Å². The third kappa shape index (κ3) is 4.50. The van der Waals surface area contributed by atoms with Gasteiger partial charge in [-0.25, -0.2) is 0 Å². The molecule has 0 saturated heterocycles. The van der Waals surface area contributed by atoms with Crippen LogP contribution >= 0.6 is 11.3 Å². The largest absolute Gasteiger partial charge is 0.491 e. The summed E-state index contributed by atoms with van der Waals surface area (Å²) in [6, 6.07) is 10.7. The highest BCUT2D eigenvalue weighted by atomic mass is 32.1. The second-order valence-electron chi connectivity index (χ2n) is 6.64. The van der Waals surface area contributed by atoms with Crippen molar-refractivity contribution in [3.8, 4) is 5.75 Å². The van der Waals surface area contributed by atoms with E-state index in [-0.39, 0.29) is 0 Å². The third-order valence-corrected chi connectivity index (χ3v) is 5.26. The van der Waals surface area contributed by atoms with Crippen LogP contribution in [0, 0.1) is 0 Å². The van der Waals surface area contributed by atoms with Gasteiger partial charge in [-0.15, -0.1) is 11.3 Å². The summed E-state index contributed by atoms with van der Waals surface area (Å²) in [4.78, 5) is 3.47. The molecule has 0 saturated carbocycles. The van der Waals surface area contributed by atoms with E-state index in [0.29, 0.717) is 19.2 Å². The number of hydrogen-bond acceptors (Lipinski definition) is 5. The molecule has 1 aliphatic rings. The maximum absolute atomic E-state index is 9.85. The zero-order chi connectivity index (χ0) is 16.9. The fourth-order valence-electron chi connectivity index (χ4n) is 3.15. The van der Waals surface area contributed by atoms with E-state index in [4.69, 9.17) is 4.74 Å². The molecule has 1 aliphatic carbocycles. The number of benzene rings is 1. The van der Waals surface area contributed by atoms with E-state index in [1.165, 1.54) is 29.7 Å². The number of rotatable bonds is 7. The Bertz CT molecular complexity index is 639. The molecule has 2 atom stereocenters. The van der Waals surface area contributed by atoms with Gasteiger partial charge in [-0.3, -0.25) is 0 Å². The Kier molecular flexibility index (Phi) is 5.76. The highest BCUT2D eigenvalue weighted by Crippen LogP contribution is 2.35. The summed E-state index contributed by atoms with van der Waals surface area (Å²) in [7, 11) is 3.88. The lowest BCUT2D eigenvalue weighted by Crippen LogP contribution is -2.30. The zero-order valence-electron chi connectivity index (χ0n) is 14.4. The lowest BCUT2D eigenvalue weighted by molar-refractivity contribution is 0.0831. The number of aliphatic hydroxyl groups excluding tert-OH is 1. The second kappa shape index (κ2) is 8.01. The Morgan fingerprint density at radius 3 is 2.83 bits per heavy atom. The number of nitrogens with zero attached hydrogens (tertiary/aromatic N) is 1. The van der Waals surface area contributed by atoms with Crippen molar-refractivity contribution in [1.29, 1.82) is 0 Å². The van der Waals surface area contributed by atoms with Crippen molar-refractivity contribution in [2.45, 2.75) is 31.4 Å². The van der Waals surface area contributed by atoms with Crippen LogP contribution in [0.15, 0.2) is 35.7 Å². The van der Waals surface area contributed by atoms with Crippen LogP contribution in [-0.4, -0.2) is 43.4 Å². The first-order valence-electron chi connectivity index (χ1n) is 8.50. The van der Waals surface area contributed by atoms with E-state index in [0.717, 1.165) is 11.4 Å². The molecular weight excluding hydrogens is 320 g/mol. The molecule has 0 fully saturated rings. The van der Waals surface area contributed by atoms with Crippen LogP contribution in [0.5, 0.6) is 5.75 Å². The van der Waals surface area contributed by atoms with Gasteiger partial charge in [0.2, 0.25) is 0 Å². The van der Waals surface area contributed by atoms with E-state index < -0.39 is 6.10 Å². The number of fused-ring (bicyclic) bond motifs is 1. The van der Waals surface area contributed by atoms with Crippen LogP contribution in [0.25, 0.3) is 0 Å². The Balaban J connectivity index is 1.54. The number of likely N-dealkylation sites (N-methyl/N-ethyl adjacent to an activating group) is 1. The Hall–Kier alpha value is -1.56. The average molecular weight is 346 g/mol. The van der Waals surface area contributed by atoms with Crippen LogP contribution in [-0.2, 0) is 6.42 Å². The summed E-state index contributed by atoms with van der Waals surface area (Å²) in [6.45, 7) is 0.913. The molecular formula is C19H26N2O2S. The fourth-order valence-corrected chi connectivity index (χ4v) is 4.14. The number of aliphatic hydroxyl groups is 1. The first-order chi connectivity index (χ1) is 11.6. The quantitative estimate of drug-likeness (QED) is 0.805. The van der Waals surface area contributed by atoms with Crippen molar-refractivity contribution in [2.75, 3.05) is 32.6 Å². The Morgan fingerprint density at radius 2 is 2.08 bits per heavy atom. The van der Waals surface area contributed by atoms with Crippen molar-refractivity contribution in [3.05, 3.63) is 46.2 Å². The van der Waals surface area contributed by atoms with E-state index in [1.807, 2.05) is 54.6 Å². The maximum Gasteiger partial charge on any atom is 0.119 e. The Morgan fingerprint density at radius 1 is 1.29 bits per heavy atom. The molecule has 1 aromatic heterocycles. The van der Waals surface area contributed by atoms with Crippen molar-refractivity contribution < 1.29 is 9.84 Å². The highest BCUT2D eigenvalue weighted by molar-refractivity contribution is 7.10. The molecule has 5 heteroatoms. The van der Waals surface area contributed by atoms with Gasteiger partial charge in [-0.2, -0.15) is 0 Å².